The van der Waals surface area contributed by atoms with E-state index >= 15 is 0 Å². The summed E-state index contributed by atoms with van der Waals surface area (Å²) in [6.45, 7) is 9.98. The number of benzene rings is 2. The lowest BCUT2D eigenvalue weighted by Crippen LogP contribution is -2.25. The Morgan fingerprint density at radius 1 is 0.743 bits per heavy atom. The van der Waals surface area contributed by atoms with Crippen LogP contribution in [0.4, 0.5) is 0 Å². The first-order valence-electron chi connectivity index (χ1n) is 11.4. The summed E-state index contributed by atoms with van der Waals surface area (Å²) in [7, 11) is 6.12. The number of hydrogen-bond donors (Lipinski definition) is 0. The minimum atomic E-state index is -0.164. The van der Waals surface area contributed by atoms with E-state index in [0.717, 1.165) is 22.3 Å². The lowest BCUT2D eigenvalue weighted by molar-refractivity contribution is -0.0757. The van der Waals surface area contributed by atoms with Gasteiger partial charge < -0.3 is 0 Å². The normalized spacial score (nSPS) is 9.74. The number of aryl methyl sites for hydroxylation is 3. The number of aromatic nitrogens is 1. The zero-order chi connectivity index (χ0) is 26.5. The predicted octanol–water partition coefficient (Wildman–Crippen LogP) is 5.65. The number of rotatable bonds is 5. The van der Waals surface area contributed by atoms with Crippen molar-refractivity contribution in [3.8, 4) is 11.1 Å². The summed E-state index contributed by atoms with van der Waals surface area (Å²) in [5, 5.41) is 2.42. The van der Waals surface area contributed by atoms with Gasteiger partial charge in [0, 0.05) is 43.2 Å². The van der Waals surface area contributed by atoms with Crippen LogP contribution in [-0.2, 0) is 9.68 Å². The topological polar surface area (TPSA) is 72.0 Å². The molecule has 188 valence electrons. The van der Waals surface area contributed by atoms with E-state index in [1.54, 1.807) is 32.4 Å². The number of hydroxylamine groups is 4. The maximum atomic E-state index is 12.0. The van der Waals surface area contributed by atoms with Crippen LogP contribution in [0.15, 0.2) is 60.9 Å². The third-order valence-electron chi connectivity index (χ3n) is 5.32. The lowest BCUT2D eigenvalue weighted by Gasteiger charge is -2.14. The van der Waals surface area contributed by atoms with Gasteiger partial charge in [-0.25, -0.2) is 10.1 Å². The summed E-state index contributed by atoms with van der Waals surface area (Å²) in [5.41, 5.74) is 6.70. The molecule has 0 saturated carbocycles. The molecule has 35 heavy (non-hydrogen) atoms. The van der Waals surface area contributed by atoms with Gasteiger partial charge in [-0.1, -0.05) is 32.0 Å². The molecule has 2 aromatic carbocycles. The first-order chi connectivity index (χ1) is 16.7. The van der Waals surface area contributed by atoms with Crippen LogP contribution in [0.3, 0.4) is 0 Å². The number of nitrogens with zero attached hydrogens (tertiary/aromatic N) is 3. The van der Waals surface area contributed by atoms with Crippen molar-refractivity contribution in [3.63, 3.8) is 0 Å². The third kappa shape index (κ3) is 8.31. The molecular weight excluding hydrogens is 442 g/mol. The van der Waals surface area contributed by atoms with Gasteiger partial charge in [-0.3, -0.25) is 24.2 Å². The molecule has 0 fully saturated rings. The van der Waals surface area contributed by atoms with Crippen LogP contribution in [0.25, 0.3) is 11.1 Å². The average molecular weight is 480 g/mol. The van der Waals surface area contributed by atoms with E-state index in [1.165, 1.54) is 29.9 Å². The monoisotopic (exact) mass is 479 g/mol. The molecule has 0 unspecified atom stereocenters. The van der Waals surface area contributed by atoms with Crippen molar-refractivity contribution < 1.29 is 19.3 Å². The summed E-state index contributed by atoms with van der Waals surface area (Å²) >= 11 is 0. The lowest BCUT2D eigenvalue weighted by atomic mass is 9.99. The van der Waals surface area contributed by atoms with Gasteiger partial charge in [0.05, 0.1) is 14.2 Å². The van der Waals surface area contributed by atoms with Crippen molar-refractivity contribution in [1.29, 1.82) is 0 Å². The highest BCUT2D eigenvalue weighted by atomic mass is 16.7. The Morgan fingerprint density at radius 3 is 1.69 bits per heavy atom. The Bertz CT molecular complexity index is 1100. The zero-order valence-corrected chi connectivity index (χ0v) is 22.2. The van der Waals surface area contributed by atoms with E-state index in [0.29, 0.717) is 11.1 Å². The first kappa shape index (κ1) is 29.5. The molecule has 0 bridgehead atoms. The van der Waals surface area contributed by atoms with Gasteiger partial charge in [-0.2, -0.15) is 0 Å². The molecule has 0 aliphatic carbocycles. The van der Waals surface area contributed by atoms with Gasteiger partial charge in [0.1, 0.15) is 0 Å². The average Bonchev–Trinajstić information content (AvgIpc) is 2.90. The van der Waals surface area contributed by atoms with E-state index in [1.807, 2.05) is 77.2 Å². The summed E-state index contributed by atoms with van der Waals surface area (Å²) in [6, 6.07) is 15.1. The highest BCUT2D eigenvalue weighted by molar-refractivity contribution is 5.94. The Hall–Kier alpha value is -3.55. The van der Waals surface area contributed by atoms with E-state index in [4.69, 9.17) is 9.68 Å². The Kier molecular flexibility index (Phi) is 12.3. The predicted molar refractivity (Wildman–Crippen MR) is 140 cm³/mol. The van der Waals surface area contributed by atoms with Gasteiger partial charge in [0.15, 0.2) is 0 Å². The zero-order valence-electron chi connectivity index (χ0n) is 22.2. The summed E-state index contributed by atoms with van der Waals surface area (Å²) in [6.07, 6.45) is 3.55. The molecule has 0 radical (unpaired) electrons. The van der Waals surface area contributed by atoms with Crippen molar-refractivity contribution in [2.24, 2.45) is 0 Å². The Labute approximate surface area is 209 Å². The van der Waals surface area contributed by atoms with Crippen LogP contribution < -0.4 is 0 Å². The highest BCUT2D eigenvalue weighted by Gasteiger charge is 2.13. The summed E-state index contributed by atoms with van der Waals surface area (Å²) in [4.78, 5) is 37.4. The number of carbonyl (C=O) groups excluding carboxylic acids is 2. The van der Waals surface area contributed by atoms with E-state index in [-0.39, 0.29) is 11.8 Å². The van der Waals surface area contributed by atoms with E-state index < -0.39 is 0 Å². The summed E-state index contributed by atoms with van der Waals surface area (Å²) in [5.74, 6) is -0.293. The fourth-order valence-corrected chi connectivity index (χ4v) is 3.05. The van der Waals surface area contributed by atoms with Crippen molar-refractivity contribution in [2.45, 2.75) is 34.6 Å². The number of pyridine rings is 1. The molecule has 1 heterocycles. The molecule has 0 saturated heterocycles. The molecule has 0 aliphatic heterocycles. The fraction of sp³-hybridized carbons (Fsp3) is 0.321. The molecule has 3 aromatic rings. The number of amides is 2. The molecule has 0 atom stereocenters. The molecule has 3 rings (SSSR count). The highest BCUT2D eigenvalue weighted by Crippen LogP contribution is 2.23. The quantitative estimate of drug-likeness (QED) is 0.442. The molecule has 2 amide bonds. The number of hydrogen-bond acceptors (Lipinski definition) is 5. The van der Waals surface area contributed by atoms with E-state index in [2.05, 4.69) is 4.98 Å². The van der Waals surface area contributed by atoms with Crippen LogP contribution in [0.5, 0.6) is 0 Å². The molecule has 7 nitrogen and oxygen atoms in total. The molecule has 1 aromatic heterocycles. The van der Waals surface area contributed by atoms with Crippen LogP contribution in [0.2, 0.25) is 0 Å². The van der Waals surface area contributed by atoms with Gasteiger partial charge >= 0.3 is 0 Å². The van der Waals surface area contributed by atoms with Crippen LogP contribution in [0, 0.1) is 20.8 Å². The van der Waals surface area contributed by atoms with Gasteiger partial charge in [0.2, 0.25) is 0 Å². The molecular formula is C28H37N3O4. The first-order valence-corrected chi connectivity index (χ1v) is 11.4. The van der Waals surface area contributed by atoms with E-state index in [9.17, 15) is 9.59 Å². The van der Waals surface area contributed by atoms with Crippen LogP contribution in [-0.4, -0.2) is 55.2 Å². The molecule has 0 aliphatic rings. The van der Waals surface area contributed by atoms with Crippen LogP contribution in [0.1, 0.15) is 51.3 Å². The smallest absolute Gasteiger partial charge is 0.274 e. The van der Waals surface area contributed by atoms with Crippen molar-refractivity contribution in [1.82, 2.24) is 15.1 Å². The van der Waals surface area contributed by atoms with Gasteiger partial charge in [-0.05, 0) is 73.4 Å². The number of carbonyl (C=O) groups is 2. The molecule has 0 N–H and O–H groups in total. The second-order valence-electron chi connectivity index (χ2n) is 7.54. The SMILES string of the molecule is CC.CON(C)C(=O)c1ccc(-c2cccnc2)c(C)c1.CON(C)C(=O)c1ccc(C)c(C)c1. The summed E-state index contributed by atoms with van der Waals surface area (Å²) < 4.78 is 0. The maximum absolute atomic E-state index is 12.0. The molecule has 0 spiro atoms. The minimum Gasteiger partial charge on any atom is -0.274 e. The largest absolute Gasteiger partial charge is 0.277 e. The minimum absolute atomic E-state index is 0.129. The van der Waals surface area contributed by atoms with Gasteiger partial charge in [0.25, 0.3) is 11.8 Å². The van der Waals surface area contributed by atoms with Gasteiger partial charge in [-0.15, -0.1) is 0 Å². The standard InChI is InChI=1S/C15H16N2O2.C11H15NO2.C2H6/c1-11-9-12(15(18)17(2)19-3)6-7-14(11)13-5-4-8-16-10-13;1-8-5-6-10(7-9(8)2)11(13)12(3)14-4;1-2/h4-10H,1-3H3;5-7H,1-4H3;1-2H3. The van der Waals surface area contributed by atoms with Crippen molar-refractivity contribution in [3.05, 3.63) is 88.7 Å². The third-order valence-corrected chi connectivity index (χ3v) is 5.32. The second-order valence-corrected chi connectivity index (χ2v) is 7.54. The Morgan fingerprint density at radius 2 is 1.26 bits per heavy atom. The van der Waals surface area contributed by atoms with Crippen molar-refractivity contribution >= 4 is 11.8 Å². The fourth-order valence-electron chi connectivity index (χ4n) is 3.05. The Balaban J connectivity index is 0.000000341. The van der Waals surface area contributed by atoms with Crippen molar-refractivity contribution in [2.75, 3.05) is 28.3 Å². The van der Waals surface area contributed by atoms with Crippen LogP contribution >= 0.6 is 0 Å². The molecule has 7 heteroatoms. The maximum Gasteiger partial charge on any atom is 0.277 e. The second kappa shape index (κ2) is 14.7.